The van der Waals surface area contributed by atoms with Crippen LogP contribution >= 0.6 is 0 Å². The van der Waals surface area contributed by atoms with Gasteiger partial charge in [-0.3, -0.25) is 10.1 Å². The van der Waals surface area contributed by atoms with Crippen LogP contribution in [0.4, 0.5) is 17.5 Å². The zero-order valence-corrected chi connectivity index (χ0v) is 20.1. The van der Waals surface area contributed by atoms with Gasteiger partial charge in [-0.15, -0.1) is 0 Å². The lowest BCUT2D eigenvalue weighted by atomic mass is 9.92. The van der Waals surface area contributed by atoms with Crippen LogP contribution in [0.25, 0.3) is 11.0 Å². The molecule has 8 rings (SSSR count). The molecule has 10 heteroatoms. The minimum atomic E-state index is -0.0802. The number of carbonyl (C=O) groups excluding carboxylic acids is 1. The highest BCUT2D eigenvalue weighted by atomic mass is 16.6. The average molecular weight is 475 g/mol. The van der Waals surface area contributed by atoms with Crippen LogP contribution in [-0.4, -0.2) is 69.0 Å². The molecule has 3 aromatic rings. The zero-order chi connectivity index (χ0) is 23.7. The Morgan fingerprint density at radius 3 is 2.80 bits per heavy atom. The Morgan fingerprint density at radius 1 is 1.23 bits per heavy atom. The van der Waals surface area contributed by atoms with Gasteiger partial charge in [-0.05, 0) is 50.3 Å². The van der Waals surface area contributed by atoms with E-state index in [-0.39, 0.29) is 17.9 Å². The number of aromatic nitrogens is 4. The Labute approximate surface area is 203 Å². The van der Waals surface area contributed by atoms with Crippen molar-refractivity contribution in [3.05, 3.63) is 36.3 Å². The lowest BCUT2D eigenvalue weighted by molar-refractivity contribution is -0.208. The second-order valence-corrected chi connectivity index (χ2v) is 10.5. The number of rotatable bonds is 5. The van der Waals surface area contributed by atoms with E-state index in [4.69, 9.17) is 9.72 Å². The quantitative estimate of drug-likeness (QED) is 0.582. The fraction of sp³-hybridized carbons (Fsp3) is 0.520. The number of hydrogen-bond acceptors (Lipinski definition) is 8. The van der Waals surface area contributed by atoms with Crippen LogP contribution in [0.5, 0.6) is 0 Å². The van der Waals surface area contributed by atoms with Crippen LogP contribution in [0.15, 0.2) is 30.6 Å². The number of carbonyl (C=O) groups is 1. The van der Waals surface area contributed by atoms with Crippen molar-refractivity contribution in [2.45, 2.75) is 62.6 Å². The molecule has 5 aliphatic rings. The molecule has 4 saturated heterocycles. The lowest BCUT2D eigenvalue weighted by Crippen LogP contribution is -2.59. The third-order valence-electron chi connectivity index (χ3n) is 7.95. The number of amides is 1. The first kappa shape index (κ1) is 21.1. The Hall–Kier alpha value is -3.24. The van der Waals surface area contributed by atoms with Crippen molar-refractivity contribution in [2.75, 3.05) is 30.9 Å². The SMILES string of the molecule is CN(C)C(=O)c1cc2cnc(Nc3ccc(N4C[C@@H]5CC[C@@]6(CC4O6)N5)cn3)nc2n1C1CCC1. The number of fused-ring (bicyclic) bond motifs is 2. The summed E-state index contributed by atoms with van der Waals surface area (Å²) in [5.74, 6) is 1.14. The Balaban J connectivity index is 1.14. The van der Waals surface area contributed by atoms with Gasteiger partial charge >= 0.3 is 0 Å². The van der Waals surface area contributed by atoms with Crippen molar-refractivity contribution in [1.82, 2.24) is 29.7 Å². The normalized spacial score (nSPS) is 27.3. The van der Waals surface area contributed by atoms with E-state index in [1.165, 1.54) is 6.42 Å². The van der Waals surface area contributed by atoms with E-state index in [0.29, 0.717) is 29.5 Å². The summed E-state index contributed by atoms with van der Waals surface area (Å²) in [7, 11) is 3.56. The van der Waals surface area contributed by atoms with E-state index in [0.717, 1.165) is 55.4 Å². The van der Waals surface area contributed by atoms with Crippen LogP contribution in [-0.2, 0) is 4.74 Å². The largest absolute Gasteiger partial charge is 0.343 e. The highest BCUT2D eigenvalue weighted by Gasteiger charge is 2.55. The third-order valence-corrected chi connectivity index (χ3v) is 7.95. The predicted molar refractivity (Wildman–Crippen MR) is 132 cm³/mol. The van der Waals surface area contributed by atoms with Gasteiger partial charge in [0.15, 0.2) is 0 Å². The fourth-order valence-electron chi connectivity index (χ4n) is 5.87. The average Bonchev–Trinajstić information content (AvgIpc) is 3.27. The highest BCUT2D eigenvalue weighted by molar-refractivity contribution is 5.98. The molecule has 0 radical (unpaired) electrons. The summed E-state index contributed by atoms with van der Waals surface area (Å²) < 4.78 is 8.31. The molecule has 2 N–H and O–H groups in total. The molecule has 4 aliphatic heterocycles. The number of anilines is 3. The van der Waals surface area contributed by atoms with Gasteiger partial charge in [0.1, 0.15) is 29.1 Å². The molecule has 3 aromatic heterocycles. The molecule has 7 heterocycles. The van der Waals surface area contributed by atoms with Crippen molar-refractivity contribution >= 4 is 34.4 Å². The number of hydrogen-bond donors (Lipinski definition) is 2. The molecule has 0 aromatic carbocycles. The van der Waals surface area contributed by atoms with E-state index in [1.807, 2.05) is 18.3 Å². The number of nitrogens with zero attached hydrogens (tertiary/aromatic N) is 6. The molecule has 1 amide bonds. The van der Waals surface area contributed by atoms with Gasteiger partial charge in [0, 0.05) is 50.7 Å². The number of ether oxygens (including phenoxy) is 1. The van der Waals surface area contributed by atoms with Crippen LogP contribution in [0.3, 0.4) is 0 Å². The summed E-state index contributed by atoms with van der Waals surface area (Å²) in [5.41, 5.74) is 2.44. The molecule has 1 saturated carbocycles. The summed E-state index contributed by atoms with van der Waals surface area (Å²) in [6.45, 7) is 0.937. The predicted octanol–water partition coefficient (Wildman–Crippen LogP) is 3.01. The number of nitrogens with one attached hydrogen (secondary N) is 2. The van der Waals surface area contributed by atoms with Crippen molar-refractivity contribution in [1.29, 1.82) is 0 Å². The molecule has 1 aliphatic carbocycles. The Kier molecular flexibility index (Phi) is 4.59. The number of pyridine rings is 1. The van der Waals surface area contributed by atoms with E-state index in [1.54, 1.807) is 25.2 Å². The maximum Gasteiger partial charge on any atom is 0.270 e. The van der Waals surface area contributed by atoms with Gasteiger partial charge in [0.25, 0.3) is 5.91 Å². The van der Waals surface area contributed by atoms with Crippen LogP contribution in [0.2, 0.25) is 0 Å². The highest BCUT2D eigenvalue weighted by Crippen LogP contribution is 2.45. The van der Waals surface area contributed by atoms with Gasteiger partial charge in [0.05, 0.1) is 11.9 Å². The third kappa shape index (κ3) is 3.38. The fourth-order valence-corrected chi connectivity index (χ4v) is 5.87. The minimum absolute atomic E-state index is 0.0139. The van der Waals surface area contributed by atoms with Gasteiger partial charge in [0.2, 0.25) is 5.95 Å². The summed E-state index contributed by atoms with van der Waals surface area (Å²) in [6, 6.07) is 6.71. The first-order chi connectivity index (χ1) is 17.0. The Morgan fingerprint density at radius 2 is 2.09 bits per heavy atom. The molecular formula is C25H30N8O2. The molecule has 182 valence electrons. The van der Waals surface area contributed by atoms with Gasteiger partial charge in [-0.2, -0.15) is 4.98 Å². The summed E-state index contributed by atoms with van der Waals surface area (Å²) in [6.07, 6.45) is 10.4. The van der Waals surface area contributed by atoms with Crippen LogP contribution in [0, 0.1) is 0 Å². The van der Waals surface area contributed by atoms with Gasteiger partial charge < -0.3 is 24.4 Å². The van der Waals surface area contributed by atoms with Crippen LogP contribution < -0.4 is 15.5 Å². The first-order valence-electron chi connectivity index (χ1n) is 12.5. The Bertz CT molecular complexity index is 1290. The van der Waals surface area contributed by atoms with Crippen molar-refractivity contribution in [3.8, 4) is 0 Å². The second-order valence-electron chi connectivity index (χ2n) is 10.5. The summed E-state index contributed by atoms with van der Waals surface area (Å²) >= 11 is 0. The molecule has 35 heavy (non-hydrogen) atoms. The first-order valence-corrected chi connectivity index (χ1v) is 12.5. The van der Waals surface area contributed by atoms with Crippen LogP contribution in [0.1, 0.15) is 55.1 Å². The minimum Gasteiger partial charge on any atom is -0.343 e. The van der Waals surface area contributed by atoms with Crippen molar-refractivity contribution in [3.63, 3.8) is 0 Å². The van der Waals surface area contributed by atoms with Crippen molar-refractivity contribution < 1.29 is 9.53 Å². The van der Waals surface area contributed by atoms with Gasteiger partial charge in [-0.25, -0.2) is 9.97 Å². The topological polar surface area (TPSA) is 100 Å². The molecule has 1 spiro atoms. The zero-order valence-electron chi connectivity index (χ0n) is 20.1. The molecule has 5 fully saturated rings. The molecular weight excluding hydrogens is 444 g/mol. The monoisotopic (exact) mass is 474 g/mol. The summed E-state index contributed by atoms with van der Waals surface area (Å²) in [4.78, 5) is 30.7. The molecule has 3 atom stereocenters. The maximum atomic E-state index is 12.8. The second kappa shape index (κ2) is 7.63. The molecule has 3 bridgehead atoms. The van der Waals surface area contributed by atoms with E-state index < -0.39 is 0 Å². The summed E-state index contributed by atoms with van der Waals surface area (Å²) in [5, 5.41) is 7.77. The molecule has 10 nitrogen and oxygen atoms in total. The van der Waals surface area contributed by atoms with Gasteiger partial charge in [-0.1, -0.05) is 0 Å². The van der Waals surface area contributed by atoms with E-state index in [2.05, 4.69) is 36.1 Å². The maximum absolute atomic E-state index is 12.8. The van der Waals surface area contributed by atoms with Crippen molar-refractivity contribution in [2.24, 2.45) is 0 Å². The van der Waals surface area contributed by atoms with E-state index in [9.17, 15) is 4.79 Å². The smallest absolute Gasteiger partial charge is 0.270 e. The standard InChI is InChI=1S/C25H30N8O2/c1-31(2)23(34)19-10-15-12-27-24(29-22(15)33(19)17-4-3-5-17)28-20-7-6-18(13-26-20)32-14-16-8-9-25(30-16)11-21(32)35-25/h6-7,10,12-13,16-17,21,30H,3-5,8-9,11,14H2,1-2H3,(H,26,27,28,29)/t16-,21?,25+/m0/s1. The molecule has 1 unspecified atom stereocenters. The van der Waals surface area contributed by atoms with E-state index >= 15 is 0 Å². The lowest BCUT2D eigenvalue weighted by Gasteiger charge is -2.48.